The van der Waals surface area contributed by atoms with Crippen LogP contribution in [-0.2, 0) is 4.74 Å². The predicted molar refractivity (Wildman–Crippen MR) is 69.6 cm³/mol. The monoisotopic (exact) mass is 285 g/mol. The van der Waals surface area contributed by atoms with E-state index in [0.717, 1.165) is 17.0 Å². The number of benzene rings is 1. The number of rotatable bonds is 3. The lowest BCUT2D eigenvalue weighted by atomic mass is 10.1. The molecule has 4 nitrogen and oxygen atoms in total. The molecule has 0 atom stereocenters. The van der Waals surface area contributed by atoms with Gasteiger partial charge in [0.25, 0.3) is 0 Å². The molecule has 20 heavy (non-hydrogen) atoms. The Balaban J connectivity index is 2.70. The van der Waals surface area contributed by atoms with Gasteiger partial charge >= 0.3 is 6.09 Å². The average Bonchev–Trinajstić information content (AvgIpc) is 2.30. The van der Waals surface area contributed by atoms with Gasteiger partial charge in [-0.3, -0.25) is 4.79 Å². The second-order valence-electron chi connectivity index (χ2n) is 5.39. The zero-order chi connectivity index (χ0) is 15.5. The topological polar surface area (TPSA) is 46.6 Å². The minimum Gasteiger partial charge on any atom is -0.444 e. The van der Waals surface area contributed by atoms with Crippen LogP contribution in [0.15, 0.2) is 18.2 Å². The van der Waals surface area contributed by atoms with E-state index in [1.807, 2.05) is 0 Å². The molecule has 0 unspecified atom stereocenters. The molecule has 1 aromatic carbocycles. The Morgan fingerprint density at radius 1 is 1.20 bits per heavy atom. The second kappa shape index (κ2) is 5.98. The summed E-state index contributed by atoms with van der Waals surface area (Å²) in [5.41, 5.74) is -0.671. The van der Waals surface area contributed by atoms with E-state index in [0.29, 0.717) is 0 Å². The number of carbonyl (C=O) groups is 2. The number of likely N-dealkylation sites (N-methyl/N-ethyl adjacent to an activating group) is 1. The molecule has 0 aliphatic rings. The van der Waals surface area contributed by atoms with Crippen molar-refractivity contribution in [3.63, 3.8) is 0 Å². The average molecular weight is 285 g/mol. The molecule has 0 radical (unpaired) electrons. The highest BCUT2D eigenvalue weighted by Gasteiger charge is 2.21. The van der Waals surface area contributed by atoms with Gasteiger partial charge in [0.2, 0.25) is 0 Å². The van der Waals surface area contributed by atoms with E-state index in [1.165, 1.54) is 13.1 Å². The fourth-order valence-electron chi connectivity index (χ4n) is 1.38. The maximum atomic E-state index is 13.0. The van der Waals surface area contributed by atoms with Gasteiger partial charge in [-0.15, -0.1) is 0 Å². The molecule has 0 aromatic heterocycles. The van der Waals surface area contributed by atoms with Crippen LogP contribution in [0.4, 0.5) is 13.6 Å². The Labute approximate surface area is 116 Å². The SMILES string of the molecule is CN(CC(=O)c1ccc(F)c(F)c1)C(=O)OC(C)(C)C. The van der Waals surface area contributed by atoms with E-state index in [2.05, 4.69) is 0 Å². The first-order valence-corrected chi connectivity index (χ1v) is 6.02. The standard InChI is InChI=1S/C14H17F2NO3/c1-14(2,3)20-13(19)17(4)8-12(18)9-5-6-10(15)11(16)7-9/h5-7H,8H2,1-4H3. The fourth-order valence-corrected chi connectivity index (χ4v) is 1.38. The van der Waals surface area contributed by atoms with Crippen molar-refractivity contribution in [2.75, 3.05) is 13.6 Å². The quantitative estimate of drug-likeness (QED) is 0.802. The fraction of sp³-hybridized carbons (Fsp3) is 0.429. The van der Waals surface area contributed by atoms with E-state index in [-0.39, 0.29) is 12.1 Å². The zero-order valence-electron chi connectivity index (χ0n) is 11.9. The Kier molecular flexibility index (Phi) is 4.81. The molecule has 0 aliphatic heterocycles. The summed E-state index contributed by atoms with van der Waals surface area (Å²) in [6, 6.07) is 2.85. The molecule has 0 bridgehead atoms. The van der Waals surface area contributed by atoms with Crippen LogP contribution in [-0.4, -0.2) is 36.0 Å². The molecule has 1 aromatic rings. The minimum atomic E-state index is -1.10. The lowest BCUT2D eigenvalue weighted by Crippen LogP contribution is -2.37. The van der Waals surface area contributed by atoms with Crippen molar-refractivity contribution in [3.8, 4) is 0 Å². The first-order chi connectivity index (χ1) is 9.10. The van der Waals surface area contributed by atoms with Gasteiger partial charge in [-0.1, -0.05) is 0 Å². The Hall–Kier alpha value is -1.98. The van der Waals surface area contributed by atoms with E-state index in [4.69, 9.17) is 4.74 Å². The van der Waals surface area contributed by atoms with Crippen molar-refractivity contribution < 1.29 is 23.1 Å². The van der Waals surface area contributed by atoms with Crippen molar-refractivity contribution in [2.24, 2.45) is 0 Å². The van der Waals surface area contributed by atoms with Gasteiger partial charge < -0.3 is 9.64 Å². The van der Waals surface area contributed by atoms with Gasteiger partial charge in [-0.2, -0.15) is 0 Å². The summed E-state index contributed by atoms with van der Waals surface area (Å²) in [4.78, 5) is 24.6. The van der Waals surface area contributed by atoms with Gasteiger partial charge in [0.1, 0.15) is 5.60 Å². The minimum absolute atomic E-state index is 0.000640. The number of carbonyl (C=O) groups excluding carboxylic acids is 2. The van der Waals surface area contributed by atoms with Crippen LogP contribution < -0.4 is 0 Å². The van der Waals surface area contributed by atoms with Crippen molar-refractivity contribution in [1.82, 2.24) is 4.90 Å². The van der Waals surface area contributed by atoms with Gasteiger partial charge in [-0.25, -0.2) is 13.6 Å². The largest absolute Gasteiger partial charge is 0.444 e. The number of Topliss-reactive ketones (excluding diaryl/α,β-unsaturated/α-hetero) is 1. The highest BCUT2D eigenvalue weighted by molar-refractivity contribution is 5.98. The summed E-state index contributed by atoms with van der Waals surface area (Å²) in [5.74, 6) is -2.63. The van der Waals surface area contributed by atoms with Gasteiger partial charge in [0.15, 0.2) is 17.4 Å². The maximum absolute atomic E-state index is 13.0. The Morgan fingerprint density at radius 2 is 1.80 bits per heavy atom. The van der Waals surface area contributed by atoms with Crippen LogP contribution in [0.3, 0.4) is 0 Å². The molecule has 110 valence electrons. The number of ether oxygens (including phenoxy) is 1. The Morgan fingerprint density at radius 3 is 2.30 bits per heavy atom. The molecule has 0 saturated carbocycles. The molecule has 0 N–H and O–H groups in total. The molecule has 0 heterocycles. The van der Waals surface area contributed by atoms with Gasteiger partial charge in [0, 0.05) is 12.6 Å². The summed E-state index contributed by atoms with van der Waals surface area (Å²) in [7, 11) is 1.39. The van der Waals surface area contributed by atoms with Crippen molar-refractivity contribution in [2.45, 2.75) is 26.4 Å². The number of ketones is 1. The molecule has 0 aliphatic carbocycles. The number of hydrogen-bond acceptors (Lipinski definition) is 3. The Bertz CT molecular complexity index is 524. The van der Waals surface area contributed by atoms with Crippen molar-refractivity contribution in [1.29, 1.82) is 0 Å². The van der Waals surface area contributed by atoms with Crippen LogP contribution in [0.2, 0.25) is 0 Å². The molecular weight excluding hydrogens is 268 g/mol. The van der Waals surface area contributed by atoms with Crippen LogP contribution in [0.1, 0.15) is 31.1 Å². The van der Waals surface area contributed by atoms with Crippen LogP contribution in [0.5, 0.6) is 0 Å². The van der Waals surface area contributed by atoms with E-state index < -0.39 is 29.1 Å². The third kappa shape index (κ3) is 4.60. The number of nitrogens with zero attached hydrogens (tertiary/aromatic N) is 1. The lowest BCUT2D eigenvalue weighted by molar-refractivity contribution is 0.0294. The lowest BCUT2D eigenvalue weighted by Gasteiger charge is -2.24. The van der Waals surface area contributed by atoms with Crippen LogP contribution in [0.25, 0.3) is 0 Å². The molecular formula is C14H17F2NO3. The molecule has 0 fully saturated rings. The number of amides is 1. The molecule has 1 amide bonds. The molecule has 0 saturated heterocycles. The third-order valence-corrected chi connectivity index (χ3v) is 2.33. The number of hydrogen-bond donors (Lipinski definition) is 0. The highest BCUT2D eigenvalue weighted by atomic mass is 19.2. The summed E-state index contributed by atoms with van der Waals surface area (Å²) in [5, 5.41) is 0. The van der Waals surface area contributed by atoms with Crippen LogP contribution in [0, 0.1) is 11.6 Å². The zero-order valence-corrected chi connectivity index (χ0v) is 11.9. The number of halogens is 2. The summed E-state index contributed by atoms with van der Waals surface area (Å²) >= 11 is 0. The maximum Gasteiger partial charge on any atom is 0.410 e. The van der Waals surface area contributed by atoms with Gasteiger partial charge in [0.05, 0.1) is 6.54 Å². The summed E-state index contributed by atoms with van der Waals surface area (Å²) in [6.45, 7) is 4.84. The van der Waals surface area contributed by atoms with Crippen molar-refractivity contribution in [3.05, 3.63) is 35.4 Å². The second-order valence-corrected chi connectivity index (χ2v) is 5.39. The normalized spacial score (nSPS) is 11.1. The summed E-state index contributed by atoms with van der Waals surface area (Å²) in [6.07, 6.45) is -0.659. The molecule has 6 heteroatoms. The third-order valence-electron chi connectivity index (χ3n) is 2.33. The first-order valence-electron chi connectivity index (χ1n) is 6.02. The van der Waals surface area contributed by atoms with Gasteiger partial charge in [-0.05, 0) is 39.0 Å². The first kappa shape index (κ1) is 16.1. The van der Waals surface area contributed by atoms with Crippen molar-refractivity contribution >= 4 is 11.9 Å². The van der Waals surface area contributed by atoms with E-state index in [1.54, 1.807) is 20.8 Å². The van der Waals surface area contributed by atoms with E-state index >= 15 is 0 Å². The highest BCUT2D eigenvalue weighted by Crippen LogP contribution is 2.12. The summed E-state index contributed by atoms with van der Waals surface area (Å²) < 4.78 is 30.9. The van der Waals surface area contributed by atoms with Crippen LogP contribution >= 0.6 is 0 Å². The smallest absolute Gasteiger partial charge is 0.410 e. The molecule has 1 rings (SSSR count). The van der Waals surface area contributed by atoms with E-state index in [9.17, 15) is 18.4 Å². The predicted octanol–water partition coefficient (Wildman–Crippen LogP) is 3.01. The molecule has 0 spiro atoms.